The summed E-state index contributed by atoms with van der Waals surface area (Å²) in [6.45, 7) is 5.14. The van der Waals surface area contributed by atoms with Crippen LogP contribution in [0.2, 0.25) is 0 Å². The molecular formula is C29H41N3O3. The number of nitrogens with zero attached hydrogens (tertiary/aromatic N) is 2. The summed E-state index contributed by atoms with van der Waals surface area (Å²) in [5.41, 5.74) is 0.495. The van der Waals surface area contributed by atoms with E-state index < -0.39 is 5.60 Å². The molecule has 0 bridgehead atoms. The van der Waals surface area contributed by atoms with E-state index in [1.165, 1.54) is 44.7 Å². The lowest BCUT2D eigenvalue weighted by molar-refractivity contribution is -0.125. The van der Waals surface area contributed by atoms with Gasteiger partial charge in [-0.2, -0.15) is 5.26 Å². The topological polar surface area (TPSA) is 95.2 Å². The molecule has 4 saturated carbocycles. The highest BCUT2D eigenvalue weighted by Gasteiger charge is 2.58. The Bertz CT molecular complexity index is 974. The molecule has 1 amide bonds. The maximum absolute atomic E-state index is 12.9. The number of pyridine rings is 1. The zero-order valence-corrected chi connectivity index (χ0v) is 21.5. The highest BCUT2D eigenvalue weighted by atomic mass is 16.5. The molecule has 1 heterocycles. The van der Waals surface area contributed by atoms with Gasteiger partial charge in [0.05, 0.1) is 17.8 Å². The first-order valence-corrected chi connectivity index (χ1v) is 13.7. The molecule has 35 heavy (non-hydrogen) atoms. The number of fused-ring (bicyclic) bond motifs is 5. The van der Waals surface area contributed by atoms with Crippen molar-refractivity contribution in [3.05, 3.63) is 29.6 Å². The van der Waals surface area contributed by atoms with E-state index in [0.29, 0.717) is 29.7 Å². The number of methoxy groups -OCH3 is 1. The first kappa shape index (κ1) is 24.7. The fourth-order valence-corrected chi connectivity index (χ4v) is 9.21. The van der Waals surface area contributed by atoms with E-state index in [2.05, 4.69) is 24.1 Å². The molecule has 4 aliphatic rings. The number of rotatable bonds is 5. The molecule has 0 radical (unpaired) electrons. The van der Waals surface area contributed by atoms with Crippen molar-refractivity contribution in [2.24, 2.45) is 40.9 Å². The van der Waals surface area contributed by atoms with E-state index in [9.17, 15) is 9.90 Å². The van der Waals surface area contributed by atoms with Gasteiger partial charge < -0.3 is 15.2 Å². The quantitative estimate of drug-likeness (QED) is 0.637. The second kappa shape index (κ2) is 9.48. The molecule has 1 aromatic rings. The number of hydrogen-bond donors (Lipinski definition) is 2. The SMILES string of the molecule is COC[C@@]1(O)CC[C@H]2[C@H](CC[C@@H]3[C@@H]2CC[C@]2(C)[C@@H]([C@H](C)NC(=O)c4ccc(C#N)nc4)CC[C@@H]32)C1. The van der Waals surface area contributed by atoms with Crippen LogP contribution in [0.25, 0.3) is 0 Å². The van der Waals surface area contributed by atoms with Gasteiger partial charge in [-0.3, -0.25) is 4.79 Å². The van der Waals surface area contributed by atoms with E-state index in [1.807, 2.05) is 6.07 Å². The van der Waals surface area contributed by atoms with Gasteiger partial charge in [-0.1, -0.05) is 6.92 Å². The molecule has 0 saturated heterocycles. The number of nitriles is 1. The maximum Gasteiger partial charge on any atom is 0.253 e. The van der Waals surface area contributed by atoms with Crippen molar-refractivity contribution in [1.82, 2.24) is 10.3 Å². The van der Waals surface area contributed by atoms with Crippen LogP contribution >= 0.6 is 0 Å². The van der Waals surface area contributed by atoms with Crippen LogP contribution in [0.15, 0.2) is 18.3 Å². The van der Waals surface area contributed by atoms with Gasteiger partial charge >= 0.3 is 0 Å². The second-order valence-electron chi connectivity index (χ2n) is 12.4. The van der Waals surface area contributed by atoms with Crippen LogP contribution in [0.4, 0.5) is 0 Å². The van der Waals surface area contributed by atoms with Crippen molar-refractivity contribution in [3.8, 4) is 6.07 Å². The largest absolute Gasteiger partial charge is 0.387 e. The van der Waals surface area contributed by atoms with Crippen LogP contribution in [0, 0.1) is 52.3 Å². The van der Waals surface area contributed by atoms with Gasteiger partial charge in [0.15, 0.2) is 0 Å². The summed E-state index contributed by atoms with van der Waals surface area (Å²) >= 11 is 0. The van der Waals surface area contributed by atoms with Gasteiger partial charge in [0, 0.05) is 19.3 Å². The number of carbonyl (C=O) groups is 1. The van der Waals surface area contributed by atoms with E-state index in [0.717, 1.165) is 42.9 Å². The van der Waals surface area contributed by atoms with E-state index in [1.54, 1.807) is 19.2 Å². The zero-order valence-electron chi connectivity index (χ0n) is 21.5. The molecule has 0 spiro atoms. The molecule has 9 atom stereocenters. The summed E-state index contributed by atoms with van der Waals surface area (Å²) in [5, 5.41) is 23.2. The van der Waals surface area contributed by atoms with Gasteiger partial charge in [-0.25, -0.2) is 4.98 Å². The maximum atomic E-state index is 12.9. The number of aromatic nitrogens is 1. The van der Waals surface area contributed by atoms with Gasteiger partial charge in [0.2, 0.25) is 0 Å². The Hall–Kier alpha value is -1.97. The molecule has 4 aliphatic carbocycles. The van der Waals surface area contributed by atoms with Crippen molar-refractivity contribution >= 4 is 5.91 Å². The minimum Gasteiger partial charge on any atom is -0.387 e. The van der Waals surface area contributed by atoms with Gasteiger partial charge in [0.25, 0.3) is 5.91 Å². The molecule has 0 aromatic carbocycles. The zero-order chi connectivity index (χ0) is 24.8. The fourth-order valence-electron chi connectivity index (χ4n) is 9.21. The van der Waals surface area contributed by atoms with Crippen molar-refractivity contribution in [1.29, 1.82) is 5.26 Å². The molecule has 6 nitrogen and oxygen atoms in total. The second-order valence-corrected chi connectivity index (χ2v) is 12.4. The lowest BCUT2D eigenvalue weighted by atomic mass is 9.48. The molecular weight excluding hydrogens is 438 g/mol. The standard InChI is InChI=1S/C29H41N3O3/c1-18(32-27(33)20-4-6-21(15-30)31-16-20)25-8-9-26-24-7-5-19-14-29(34,17-35-3)13-11-22(19)23(24)10-12-28(25,26)2/h4,6,16,18-19,22-26,34H,5,7-14,17H2,1-3H3,(H,32,33)/t18-,19+,22-,23+,24+,25+,26-,28+,29+/m0/s1. The minimum atomic E-state index is -0.623. The summed E-state index contributed by atoms with van der Waals surface area (Å²) in [5.74, 6) is 4.12. The highest BCUT2D eigenvalue weighted by molar-refractivity contribution is 5.94. The first-order valence-electron chi connectivity index (χ1n) is 13.7. The Morgan fingerprint density at radius 1 is 1.20 bits per heavy atom. The van der Waals surface area contributed by atoms with Crippen LogP contribution in [0.5, 0.6) is 0 Å². The van der Waals surface area contributed by atoms with Crippen molar-refractivity contribution in [2.75, 3.05) is 13.7 Å². The molecule has 190 valence electrons. The fraction of sp³-hybridized carbons (Fsp3) is 0.759. The smallest absolute Gasteiger partial charge is 0.253 e. The van der Waals surface area contributed by atoms with Gasteiger partial charge in [-0.15, -0.1) is 0 Å². The third-order valence-corrected chi connectivity index (χ3v) is 10.7. The third kappa shape index (κ3) is 4.40. The average Bonchev–Trinajstić information content (AvgIpc) is 3.21. The van der Waals surface area contributed by atoms with Crippen LogP contribution in [0.3, 0.4) is 0 Å². The van der Waals surface area contributed by atoms with Gasteiger partial charge in [-0.05, 0) is 118 Å². The number of aliphatic hydroxyl groups is 1. The summed E-state index contributed by atoms with van der Waals surface area (Å²) in [6, 6.07) is 5.41. The van der Waals surface area contributed by atoms with E-state index in [-0.39, 0.29) is 17.4 Å². The lowest BCUT2D eigenvalue weighted by Gasteiger charge is -2.57. The summed E-state index contributed by atoms with van der Waals surface area (Å²) in [6.07, 6.45) is 11.9. The first-order chi connectivity index (χ1) is 16.8. The highest BCUT2D eigenvalue weighted by Crippen LogP contribution is 2.65. The number of nitrogens with one attached hydrogen (secondary N) is 1. The average molecular weight is 480 g/mol. The molecule has 6 heteroatoms. The Morgan fingerprint density at radius 2 is 2.00 bits per heavy atom. The van der Waals surface area contributed by atoms with Crippen molar-refractivity contribution in [3.63, 3.8) is 0 Å². The van der Waals surface area contributed by atoms with Gasteiger partial charge in [0.1, 0.15) is 11.8 Å². The Morgan fingerprint density at radius 3 is 2.71 bits per heavy atom. The lowest BCUT2D eigenvalue weighted by Crippen LogP contribution is -2.53. The normalized spacial score (nSPS) is 41.1. The predicted octanol–water partition coefficient (Wildman–Crippen LogP) is 4.72. The van der Waals surface area contributed by atoms with Crippen LogP contribution in [-0.2, 0) is 4.74 Å². The number of carbonyl (C=O) groups excluding carboxylic acids is 1. The van der Waals surface area contributed by atoms with Crippen LogP contribution in [-0.4, -0.2) is 41.4 Å². The number of hydrogen-bond acceptors (Lipinski definition) is 5. The Balaban J connectivity index is 1.25. The van der Waals surface area contributed by atoms with Crippen molar-refractivity contribution in [2.45, 2.75) is 83.3 Å². The monoisotopic (exact) mass is 479 g/mol. The molecule has 2 N–H and O–H groups in total. The third-order valence-electron chi connectivity index (χ3n) is 10.7. The summed E-state index contributed by atoms with van der Waals surface area (Å²) < 4.78 is 5.34. The van der Waals surface area contributed by atoms with Crippen LogP contribution in [0.1, 0.15) is 87.7 Å². The molecule has 4 fully saturated rings. The Kier molecular flexibility index (Phi) is 6.70. The Labute approximate surface area is 209 Å². The molecule has 1 aromatic heterocycles. The molecule has 0 aliphatic heterocycles. The number of ether oxygens (including phenoxy) is 1. The minimum absolute atomic E-state index is 0.0958. The van der Waals surface area contributed by atoms with Crippen molar-refractivity contribution < 1.29 is 14.6 Å². The van der Waals surface area contributed by atoms with Crippen LogP contribution < -0.4 is 5.32 Å². The number of amides is 1. The van der Waals surface area contributed by atoms with E-state index >= 15 is 0 Å². The molecule has 0 unspecified atom stereocenters. The molecule has 5 rings (SSSR count). The van der Waals surface area contributed by atoms with E-state index in [4.69, 9.17) is 10.00 Å². The summed E-state index contributed by atoms with van der Waals surface area (Å²) in [7, 11) is 1.70. The predicted molar refractivity (Wildman–Crippen MR) is 133 cm³/mol. The summed E-state index contributed by atoms with van der Waals surface area (Å²) in [4.78, 5) is 17.0.